The van der Waals surface area contributed by atoms with Crippen molar-refractivity contribution >= 4 is 17.6 Å². The van der Waals surface area contributed by atoms with Crippen LogP contribution in [0.2, 0.25) is 0 Å². The van der Waals surface area contributed by atoms with Gasteiger partial charge in [-0.25, -0.2) is 4.68 Å². The summed E-state index contributed by atoms with van der Waals surface area (Å²) in [7, 11) is 1.60. The first-order chi connectivity index (χ1) is 13.6. The van der Waals surface area contributed by atoms with Crippen molar-refractivity contribution in [3.8, 4) is 5.75 Å². The fraction of sp³-hybridized carbons (Fsp3) is 0.476. The minimum atomic E-state index is -0.408. The highest BCUT2D eigenvalue weighted by Crippen LogP contribution is 2.30. The van der Waals surface area contributed by atoms with Gasteiger partial charge in [0.2, 0.25) is 11.8 Å². The summed E-state index contributed by atoms with van der Waals surface area (Å²) in [4.78, 5) is 24.3. The molecule has 1 aliphatic carbocycles. The second-order valence-corrected chi connectivity index (χ2v) is 7.23. The second-order valence-electron chi connectivity index (χ2n) is 7.23. The van der Waals surface area contributed by atoms with E-state index in [1.165, 1.54) is 26.2 Å². The molecule has 0 saturated heterocycles. The molecule has 1 heterocycles. The molecule has 0 spiro atoms. The first-order valence-electron chi connectivity index (χ1n) is 9.81. The normalized spacial score (nSPS) is 15.6. The van der Waals surface area contributed by atoms with Crippen LogP contribution in [0.25, 0.3) is 0 Å². The topological polar surface area (TPSA) is 85.2 Å². The minimum absolute atomic E-state index is 0.141. The van der Waals surface area contributed by atoms with Crippen LogP contribution < -0.4 is 15.4 Å². The zero-order chi connectivity index (χ0) is 19.9. The summed E-state index contributed by atoms with van der Waals surface area (Å²) in [5, 5.41) is 10.2. The maximum atomic E-state index is 12.7. The van der Waals surface area contributed by atoms with Crippen molar-refractivity contribution in [3.05, 3.63) is 42.1 Å². The van der Waals surface area contributed by atoms with Crippen LogP contribution >= 0.6 is 0 Å². The van der Waals surface area contributed by atoms with E-state index in [4.69, 9.17) is 4.74 Å². The quantitative estimate of drug-likeness (QED) is 0.764. The first-order valence-corrected chi connectivity index (χ1v) is 9.81. The molecule has 0 aliphatic heterocycles. The van der Waals surface area contributed by atoms with Crippen LogP contribution in [0.5, 0.6) is 5.75 Å². The van der Waals surface area contributed by atoms with Crippen LogP contribution in [0.15, 0.2) is 36.5 Å². The highest BCUT2D eigenvalue weighted by molar-refractivity contribution is 5.90. The molecule has 150 valence electrons. The lowest BCUT2D eigenvalue weighted by Gasteiger charge is -2.24. The number of carbonyl (C=O) groups is 2. The van der Waals surface area contributed by atoms with E-state index in [0.29, 0.717) is 11.9 Å². The van der Waals surface area contributed by atoms with Gasteiger partial charge in [0.15, 0.2) is 0 Å². The molecule has 0 radical (unpaired) electrons. The van der Waals surface area contributed by atoms with Crippen LogP contribution in [0.4, 0.5) is 5.82 Å². The second kappa shape index (κ2) is 9.39. The third-order valence-electron chi connectivity index (χ3n) is 5.14. The van der Waals surface area contributed by atoms with E-state index in [1.807, 2.05) is 35.0 Å². The maximum absolute atomic E-state index is 12.7. The third-order valence-corrected chi connectivity index (χ3v) is 5.14. The van der Waals surface area contributed by atoms with E-state index in [9.17, 15) is 9.59 Å². The van der Waals surface area contributed by atoms with Crippen molar-refractivity contribution in [2.75, 3.05) is 12.4 Å². The molecule has 2 aromatic rings. The molecule has 1 atom stereocenters. The van der Waals surface area contributed by atoms with Crippen molar-refractivity contribution in [3.63, 3.8) is 0 Å². The van der Waals surface area contributed by atoms with Gasteiger partial charge < -0.3 is 15.4 Å². The predicted molar refractivity (Wildman–Crippen MR) is 107 cm³/mol. The average molecular weight is 384 g/mol. The van der Waals surface area contributed by atoms with Gasteiger partial charge in [0.25, 0.3) is 0 Å². The van der Waals surface area contributed by atoms with Crippen molar-refractivity contribution in [1.82, 2.24) is 15.1 Å². The average Bonchev–Trinajstić information content (AvgIpc) is 3.16. The standard InChI is InChI=1S/C21H28N4O3/c1-15(26)23-19(16-8-10-18(28-2)11-9-16)14-21(27)24-20-12-13-22-25(20)17-6-4-3-5-7-17/h8-13,17,19H,3-7,14H2,1-2H3,(H,23,26)(H,24,27). The molecule has 7 nitrogen and oxygen atoms in total. The Kier molecular flexibility index (Phi) is 6.68. The highest BCUT2D eigenvalue weighted by atomic mass is 16.5. The smallest absolute Gasteiger partial charge is 0.227 e. The molecule has 2 amide bonds. The van der Waals surface area contributed by atoms with Gasteiger partial charge in [0, 0.05) is 13.0 Å². The van der Waals surface area contributed by atoms with Gasteiger partial charge in [-0.05, 0) is 30.5 Å². The van der Waals surface area contributed by atoms with Crippen molar-refractivity contribution in [2.24, 2.45) is 0 Å². The van der Waals surface area contributed by atoms with Crippen LogP contribution in [-0.4, -0.2) is 28.7 Å². The molecular weight excluding hydrogens is 356 g/mol. The Morgan fingerprint density at radius 1 is 1.18 bits per heavy atom. The molecule has 2 N–H and O–H groups in total. The number of carbonyl (C=O) groups excluding carboxylic acids is 2. The fourth-order valence-electron chi connectivity index (χ4n) is 3.74. The Hall–Kier alpha value is -2.83. The SMILES string of the molecule is COc1ccc(C(CC(=O)Nc2ccnn2C2CCCCC2)NC(C)=O)cc1. The summed E-state index contributed by atoms with van der Waals surface area (Å²) in [6.45, 7) is 1.45. The number of amides is 2. The largest absolute Gasteiger partial charge is 0.497 e. The summed E-state index contributed by atoms with van der Waals surface area (Å²) in [6, 6.07) is 9.12. The predicted octanol–water partition coefficient (Wildman–Crippen LogP) is 3.60. The van der Waals surface area contributed by atoms with Crippen LogP contribution in [-0.2, 0) is 9.59 Å². The molecule has 1 unspecified atom stereocenters. The Bertz CT molecular complexity index is 794. The van der Waals surface area contributed by atoms with E-state index in [0.717, 1.165) is 24.2 Å². The first kappa shape index (κ1) is 19.9. The molecule has 1 fully saturated rings. The van der Waals surface area contributed by atoms with Gasteiger partial charge in [-0.3, -0.25) is 9.59 Å². The van der Waals surface area contributed by atoms with E-state index in [1.54, 1.807) is 13.3 Å². The molecule has 1 aromatic carbocycles. The summed E-state index contributed by atoms with van der Waals surface area (Å²) in [5.74, 6) is 1.10. The summed E-state index contributed by atoms with van der Waals surface area (Å²) < 4.78 is 7.10. The van der Waals surface area contributed by atoms with Gasteiger partial charge >= 0.3 is 0 Å². The number of anilines is 1. The van der Waals surface area contributed by atoms with Crippen LogP contribution in [0, 0.1) is 0 Å². The number of nitrogens with one attached hydrogen (secondary N) is 2. The van der Waals surface area contributed by atoms with E-state index in [2.05, 4.69) is 15.7 Å². The molecule has 3 rings (SSSR count). The number of ether oxygens (including phenoxy) is 1. The van der Waals surface area contributed by atoms with Crippen molar-refractivity contribution < 1.29 is 14.3 Å². The number of aromatic nitrogens is 2. The van der Waals surface area contributed by atoms with Crippen LogP contribution in [0.1, 0.15) is 63.1 Å². The highest BCUT2D eigenvalue weighted by Gasteiger charge is 2.21. The minimum Gasteiger partial charge on any atom is -0.497 e. The zero-order valence-electron chi connectivity index (χ0n) is 16.5. The number of hydrogen-bond acceptors (Lipinski definition) is 4. The van der Waals surface area contributed by atoms with Crippen molar-refractivity contribution in [2.45, 2.75) is 57.5 Å². The summed E-state index contributed by atoms with van der Waals surface area (Å²) in [6.07, 6.45) is 7.69. The zero-order valence-corrected chi connectivity index (χ0v) is 16.5. The summed E-state index contributed by atoms with van der Waals surface area (Å²) >= 11 is 0. The molecule has 1 aliphatic rings. The lowest BCUT2D eigenvalue weighted by molar-refractivity contribution is -0.120. The molecular formula is C21H28N4O3. The molecule has 7 heteroatoms. The Morgan fingerprint density at radius 3 is 2.54 bits per heavy atom. The molecule has 1 saturated carbocycles. The number of methoxy groups -OCH3 is 1. The molecule has 28 heavy (non-hydrogen) atoms. The fourth-order valence-corrected chi connectivity index (χ4v) is 3.74. The number of benzene rings is 1. The van der Waals surface area contributed by atoms with E-state index >= 15 is 0 Å². The Balaban J connectivity index is 1.68. The third kappa shape index (κ3) is 5.12. The van der Waals surface area contributed by atoms with Gasteiger partial charge in [-0.1, -0.05) is 31.4 Å². The maximum Gasteiger partial charge on any atom is 0.227 e. The summed E-state index contributed by atoms with van der Waals surface area (Å²) in [5.41, 5.74) is 0.854. The van der Waals surface area contributed by atoms with Gasteiger partial charge in [-0.2, -0.15) is 5.10 Å². The Morgan fingerprint density at radius 2 is 1.89 bits per heavy atom. The number of nitrogens with zero attached hydrogens (tertiary/aromatic N) is 2. The van der Waals surface area contributed by atoms with Crippen LogP contribution in [0.3, 0.4) is 0 Å². The van der Waals surface area contributed by atoms with Crippen molar-refractivity contribution in [1.29, 1.82) is 0 Å². The van der Waals surface area contributed by atoms with Gasteiger partial charge in [0.05, 0.1) is 31.8 Å². The molecule has 1 aromatic heterocycles. The lowest BCUT2D eigenvalue weighted by atomic mass is 9.96. The molecule has 0 bridgehead atoms. The van der Waals surface area contributed by atoms with Gasteiger partial charge in [0.1, 0.15) is 11.6 Å². The lowest BCUT2D eigenvalue weighted by Crippen LogP contribution is -2.30. The number of hydrogen-bond donors (Lipinski definition) is 2. The van der Waals surface area contributed by atoms with E-state index in [-0.39, 0.29) is 18.2 Å². The monoisotopic (exact) mass is 384 g/mol. The Labute approximate surface area is 165 Å². The van der Waals surface area contributed by atoms with Gasteiger partial charge in [-0.15, -0.1) is 0 Å². The van der Waals surface area contributed by atoms with E-state index < -0.39 is 6.04 Å². The number of rotatable bonds is 7.